The van der Waals surface area contributed by atoms with Crippen LogP contribution in [0.3, 0.4) is 0 Å². The molecule has 2 rings (SSSR count). The van der Waals surface area contributed by atoms with Crippen molar-refractivity contribution in [2.75, 3.05) is 32.4 Å². The number of ether oxygens (including phenoxy) is 1. The van der Waals surface area contributed by atoms with E-state index in [-0.39, 0.29) is 18.1 Å². The Morgan fingerprint density at radius 2 is 1.85 bits per heavy atom. The summed E-state index contributed by atoms with van der Waals surface area (Å²) >= 11 is 5.94. The summed E-state index contributed by atoms with van der Waals surface area (Å²) in [6.07, 6.45) is 2.17. The molecule has 5 nitrogen and oxygen atoms in total. The van der Waals surface area contributed by atoms with Crippen molar-refractivity contribution in [1.82, 2.24) is 10.2 Å². The van der Waals surface area contributed by atoms with E-state index in [2.05, 4.69) is 24.1 Å². The minimum atomic E-state index is -2.33. The van der Waals surface area contributed by atoms with Gasteiger partial charge >= 0.3 is 0 Å². The van der Waals surface area contributed by atoms with Crippen LogP contribution in [-0.2, 0) is 9.53 Å². The second-order valence-electron chi connectivity index (χ2n) is 7.61. The molecular formula is C19H31ClN2O3S. The lowest BCUT2D eigenvalue weighted by Crippen LogP contribution is -2.50. The number of halogens is 1. The molecule has 0 saturated carbocycles. The number of hydrogen-bond donors (Lipinski definition) is 2. The first-order valence-electron chi connectivity index (χ1n) is 8.96. The second-order valence-corrected chi connectivity index (χ2v) is 11.3. The number of hydrogen-bond acceptors (Lipinski definition) is 4. The van der Waals surface area contributed by atoms with Crippen molar-refractivity contribution < 1.29 is 14.1 Å². The van der Waals surface area contributed by atoms with Crippen molar-refractivity contribution in [1.29, 1.82) is 0 Å². The first-order chi connectivity index (χ1) is 12.0. The van der Waals surface area contributed by atoms with Crippen molar-refractivity contribution in [2.45, 2.75) is 49.5 Å². The van der Waals surface area contributed by atoms with Gasteiger partial charge in [0.05, 0.1) is 17.0 Å². The van der Waals surface area contributed by atoms with E-state index < -0.39 is 15.1 Å². The van der Waals surface area contributed by atoms with Gasteiger partial charge in [0.25, 0.3) is 0 Å². The lowest BCUT2D eigenvalue weighted by atomic mass is 10.2. The van der Waals surface area contributed by atoms with Gasteiger partial charge in [0.2, 0.25) is 5.91 Å². The summed E-state index contributed by atoms with van der Waals surface area (Å²) in [4.78, 5) is 15.9. The molecule has 1 amide bonds. The first-order valence-corrected chi connectivity index (χ1v) is 11.3. The monoisotopic (exact) mass is 402 g/mol. The van der Waals surface area contributed by atoms with Gasteiger partial charge in [-0.15, -0.1) is 10.3 Å². The predicted molar refractivity (Wildman–Crippen MR) is 109 cm³/mol. The third kappa shape index (κ3) is 4.93. The van der Waals surface area contributed by atoms with Crippen molar-refractivity contribution in [3.8, 4) is 0 Å². The number of nitrogens with one attached hydrogen (secondary N) is 1. The maximum absolute atomic E-state index is 12.8. The van der Waals surface area contributed by atoms with Crippen molar-refractivity contribution in [3.05, 3.63) is 29.3 Å². The van der Waals surface area contributed by atoms with E-state index in [9.17, 15) is 9.35 Å². The minimum Gasteiger partial charge on any atom is -0.373 e. The fourth-order valence-corrected chi connectivity index (χ4v) is 5.00. The highest BCUT2D eigenvalue weighted by molar-refractivity contribution is 8.30. The van der Waals surface area contributed by atoms with E-state index in [0.717, 1.165) is 24.5 Å². The van der Waals surface area contributed by atoms with Crippen molar-refractivity contribution in [3.63, 3.8) is 0 Å². The minimum absolute atomic E-state index is 0.137. The highest BCUT2D eigenvalue weighted by Crippen LogP contribution is 2.59. The van der Waals surface area contributed by atoms with Gasteiger partial charge in [0, 0.05) is 36.1 Å². The van der Waals surface area contributed by atoms with Crippen LogP contribution in [0.4, 0.5) is 0 Å². The number of carbonyl (C=O) groups is 1. The van der Waals surface area contributed by atoms with Crippen LogP contribution in [0.1, 0.15) is 27.7 Å². The third-order valence-electron chi connectivity index (χ3n) is 5.02. The summed E-state index contributed by atoms with van der Waals surface area (Å²) < 4.78 is 16.0. The highest BCUT2D eigenvalue weighted by atomic mass is 35.5. The van der Waals surface area contributed by atoms with Gasteiger partial charge in [-0.2, -0.15) is 0 Å². The Morgan fingerprint density at radius 1 is 1.31 bits per heavy atom. The molecule has 1 aliphatic rings. The molecule has 2 N–H and O–H groups in total. The van der Waals surface area contributed by atoms with Crippen LogP contribution >= 0.6 is 21.9 Å². The molecule has 1 aromatic carbocycles. The SMILES string of the molecule is C[C@@H]1CN(CCNC(=O)C(C)(C)S(C)(O)c2ccc(Cl)cc2)C[C@H](C)O1. The largest absolute Gasteiger partial charge is 0.373 e. The van der Waals surface area contributed by atoms with E-state index in [1.54, 1.807) is 44.4 Å². The Labute approximate surface area is 163 Å². The molecule has 1 aliphatic heterocycles. The van der Waals surface area contributed by atoms with E-state index in [0.29, 0.717) is 11.6 Å². The lowest BCUT2D eigenvalue weighted by Gasteiger charge is -2.43. The summed E-state index contributed by atoms with van der Waals surface area (Å²) in [7, 11) is -2.33. The van der Waals surface area contributed by atoms with Crippen LogP contribution in [0, 0.1) is 0 Å². The number of morpholine rings is 1. The van der Waals surface area contributed by atoms with Crippen LogP contribution in [0.5, 0.6) is 0 Å². The van der Waals surface area contributed by atoms with Gasteiger partial charge in [-0.1, -0.05) is 11.6 Å². The molecule has 1 saturated heterocycles. The zero-order chi connectivity index (χ0) is 19.5. The second kappa shape index (κ2) is 8.48. The van der Waals surface area contributed by atoms with Crippen LogP contribution in [-0.4, -0.2) is 64.7 Å². The molecule has 0 aliphatic carbocycles. The van der Waals surface area contributed by atoms with Crippen molar-refractivity contribution in [2.24, 2.45) is 0 Å². The molecule has 1 unspecified atom stereocenters. The van der Waals surface area contributed by atoms with Gasteiger partial charge in [0.15, 0.2) is 0 Å². The number of nitrogens with zero attached hydrogens (tertiary/aromatic N) is 1. The van der Waals surface area contributed by atoms with Crippen LogP contribution < -0.4 is 5.32 Å². The smallest absolute Gasteiger partial charge is 0.236 e. The third-order valence-corrected chi connectivity index (χ3v) is 8.64. The number of benzene rings is 1. The van der Waals surface area contributed by atoms with Gasteiger partial charge < -0.3 is 14.6 Å². The maximum Gasteiger partial charge on any atom is 0.236 e. The van der Waals surface area contributed by atoms with Gasteiger partial charge in [-0.05, 0) is 58.2 Å². The van der Waals surface area contributed by atoms with E-state index in [4.69, 9.17) is 16.3 Å². The molecule has 1 fully saturated rings. The Morgan fingerprint density at radius 3 is 2.38 bits per heavy atom. The normalized spacial score (nSPS) is 25.3. The number of rotatable bonds is 6. The fraction of sp³-hybridized carbons (Fsp3) is 0.632. The summed E-state index contributed by atoms with van der Waals surface area (Å²) in [6.45, 7) is 10.8. The number of carbonyl (C=O) groups excluding carboxylic acids is 1. The van der Waals surface area contributed by atoms with Crippen molar-refractivity contribution >= 4 is 27.8 Å². The standard InChI is InChI=1S/C19H31ClN2O3S/c1-14-12-22(13-15(2)25-14)11-10-21-18(23)19(3,4)26(5,24)17-8-6-16(20)7-9-17/h6-9,14-15,24H,10-13H2,1-5H3,(H,21,23)/t14-,15+. The summed E-state index contributed by atoms with van der Waals surface area (Å²) in [5.41, 5.74) is 0. The number of amides is 1. The zero-order valence-electron chi connectivity index (χ0n) is 16.3. The molecular weight excluding hydrogens is 372 g/mol. The molecule has 1 heterocycles. The Hall–Kier alpha value is -0.790. The Balaban J connectivity index is 1.95. The lowest BCUT2D eigenvalue weighted by molar-refractivity contribution is -0.123. The maximum atomic E-state index is 12.8. The quantitative estimate of drug-likeness (QED) is 0.763. The average molecular weight is 403 g/mol. The molecule has 7 heteroatoms. The Bertz CT molecular complexity index is 612. The molecule has 1 aromatic rings. The molecule has 0 aromatic heterocycles. The van der Waals surface area contributed by atoms with Crippen LogP contribution in [0.25, 0.3) is 0 Å². The summed E-state index contributed by atoms with van der Waals surface area (Å²) in [6, 6.07) is 7.08. The van der Waals surface area contributed by atoms with Gasteiger partial charge in [-0.3, -0.25) is 9.69 Å². The molecule has 3 atom stereocenters. The summed E-state index contributed by atoms with van der Waals surface area (Å²) in [5.74, 6) is -0.137. The topological polar surface area (TPSA) is 61.8 Å². The Kier molecular flexibility index (Phi) is 7.02. The molecule has 0 radical (unpaired) electrons. The average Bonchev–Trinajstić information content (AvgIpc) is 2.54. The fourth-order valence-electron chi connectivity index (χ4n) is 3.18. The molecule has 26 heavy (non-hydrogen) atoms. The van der Waals surface area contributed by atoms with Crippen LogP contribution in [0.2, 0.25) is 5.02 Å². The molecule has 148 valence electrons. The van der Waals surface area contributed by atoms with Gasteiger partial charge in [0.1, 0.15) is 0 Å². The molecule has 0 spiro atoms. The molecule has 0 bridgehead atoms. The van der Waals surface area contributed by atoms with Gasteiger partial charge in [-0.25, -0.2) is 0 Å². The highest BCUT2D eigenvalue weighted by Gasteiger charge is 2.42. The summed E-state index contributed by atoms with van der Waals surface area (Å²) in [5, 5.41) is 3.61. The van der Waals surface area contributed by atoms with Crippen LogP contribution in [0.15, 0.2) is 29.2 Å². The van der Waals surface area contributed by atoms with E-state index >= 15 is 0 Å². The van der Waals surface area contributed by atoms with E-state index in [1.807, 2.05) is 0 Å². The van der Waals surface area contributed by atoms with E-state index in [1.165, 1.54) is 0 Å². The predicted octanol–water partition coefficient (Wildman–Crippen LogP) is 3.61. The first kappa shape index (κ1) is 21.5. The zero-order valence-corrected chi connectivity index (χ0v) is 17.9.